The summed E-state index contributed by atoms with van der Waals surface area (Å²) in [5, 5.41) is 8.46. The Morgan fingerprint density at radius 2 is 1.79 bits per heavy atom. The van der Waals surface area contributed by atoms with Gasteiger partial charge in [-0.05, 0) is 38.6 Å². The lowest BCUT2D eigenvalue weighted by atomic mass is 10.0. The molecule has 0 amide bonds. The molecule has 0 aliphatic rings. The van der Waals surface area contributed by atoms with Crippen LogP contribution in [-0.4, -0.2) is 16.3 Å². The van der Waals surface area contributed by atoms with Crippen molar-refractivity contribution in [2.75, 3.05) is 6.54 Å². The summed E-state index contributed by atoms with van der Waals surface area (Å²) in [5.41, 5.74) is 4.13. The van der Waals surface area contributed by atoms with Crippen LogP contribution in [0.2, 0.25) is 0 Å². The topological polar surface area (TPSA) is 29.9 Å². The van der Waals surface area contributed by atoms with Crippen LogP contribution in [0.25, 0.3) is 0 Å². The second kappa shape index (κ2) is 7.68. The van der Waals surface area contributed by atoms with Gasteiger partial charge in [0, 0.05) is 23.8 Å². The van der Waals surface area contributed by atoms with Gasteiger partial charge in [-0.15, -0.1) is 0 Å². The summed E-state index contributed by atoms with van der Waals surface area (Å²) in [6.45, 7) is 15.5. The lowest BCUT2D eigenvalue weighted by Gasteiger charge is -2.16. The normalized spacial score (nSPS) is 13.2. The molecule has 0 radical (unpaired) electrons. The standard InChI is InChI=1S/C16H31N3/c1-7-10-17-13(6)16-14(8-2)18-19(11-12(4)5)15(16)9-3/h12-13,17H,7-11H2,1-6H3. The van der Waals surface area contributed by atoms with Crippen molar-refractivity contribution < 1.29 is 0 Å². The number of aromatic nitrogens is 2. The maximum Gasteiger partial charge on any atom is 0.0672 e. The van der Waals surface area contributed by atoms with Crippen molar-refractivity contribution in [1.82, 2.24) is 15.1 Å². The molecule has 110 valence electrons. The molecule has 0 aromatic carbocycles. The van der Waals surface area contributed by atoms with Crippen LogP contribution in [0.3, 0.4) is 0 Å². The third kappa shape index (κ3) is 4.07. The Hall–Kier alpha value is -0.830. The lowest BCUT2D eigenvalue weighted by Crippen LogP contribution is -2.21. The highest BCUT2D eigenvalue weighted by atomic mass is 15.3. The molecule has 1 unspecified atom stereocenters. The van der Waals surface area contributed by atoms with Gasteiger partial charge in [0.2, 0.25) is 0 Å². The molecular formula is C16H31N3. The Kier molecular flexibility index (Phi) is 6.56. The number of aryl methyl sites for hydroxylation is 1. The fraction of sp³-hybridized carbons (Fsp3) is 0.812. The molecular weight excluding hydrogens is 234 g/mol. The largest absolute Gasteiger partial charge is 0.310 e. The van der Waals surface area contributed by atoms with E-state index in [0.717, 1.165) is 25.9 Å². The first kappa shape index (κ1) is 16.2. The summed E-state index contributed by atoms with van der Waals surface area (Å²) < 4.78 is 2.24. The zero-order chi connectivity index (χ0) is 14.4. The molecule has 1 aromatic rings. The zero-order valence-electron chi connectivity index (χ0n) is 13.6. The van der Waals surface area contributed by atoms with Gasteiger partial charge in [0.15, 0.2) is 0 Å². The molecule has 1 N–H and O–H groups in total. The van der Waals surface area contributed by atoms with Crippen molar-refractivity contribution in [3.8, 4) is 0 Å². The zero-order valence-corrected chi connectivity index (χ0v) is 13.6. The maximum absolute atomic E-state index is 4.85. The van der Waals surface area contributed by atoms with Crippen molar-refractivity contribution in [3.05, 3.63) is 17.0 Å². The minimum Gasteiger partial charge on any atom is -0.310 e. The van der Waals surface area contributed by atoms with Crippen LogP contribution < -0.4 is 5.32 Å². The summed E-state index contributed by atoms with van der Waals surface area (Å²) in [7, 11) is 0. The maximum atomic E-state index is 4.85. The van der Waals surface area contributed by atoms with Crippen molar-refractivity contribution in [2.45, 2.75) is 73.4 Å². The monoisotopic (exact) mass is 265 g/mol. The summed E-state index contributed by atoms with van der Waals surface area (Å²) >= 11 is 0. The minimum absolute atomic E-state index is 0.408. The smallest absolute Gasteiger partial charge is 0.0672 e. The Bertz CT molecular complexity index is 380. The first-order valence-electron chi connectivity index (χ1n) is 7.86. The number of rotatable bonds is 8. The number of nitrogens with zero attached hydrogens (tertiary/aromatic N) is 2. The summed E-state index contributed by atoms with van der Waals surface area (Å²) in [6, 6.07) is 0.408. The van der Waals surface area contributed by atoms with Crippen molar-refractivity contribution >= 4 is 0 Å². The molecule has 1 atom stereocenters. The van der Waals surface area contributed by atoms with Crippen LogP contribution in [0.4, 0.5) is 0 Å². The SMILES string of the molecule is CCCNC(C)c1c(CC)nn(CC(C)C)c1CC. The molecule has 0 aliphatic heterocycles. The summed E-state index contributed by atoms with van der Waals surface area (Å²) in [4.78, 5) is 0. The molecule has 19 heavy (non-hydrogen) atoms. The Labute approximate surface area is 118 Å². The van der Waals surface area contributed by atoms with Crippen molar-refractivity contribution in [2.24, 2.45) is 5.92 Å². The average molecular weight is 265 g/mol. The molecule has 0 bridgehead atoms. The van der Waals surface area contributed by atoms with Gasteiger partial charge >= 0.3 is 0 Å². The first-order valence-corrected chi connectivity index (χ1v) is 7.86. The van der Waals surface area contributed by atoms with Crippen LogP contribution in [-0.2, 0) is 19.4 Å². The second-order valence-electron chi connectivity index (χ2n) is 5.77. The van der Waals surface area contributed by atoms with Gasteiger partial charge in [0.1, 0.15) is 0 Å². The second-order valence-corrected chi connectivity index (χ2v) is 5.77. The third-order valence-electron chi connectivity index (χ3n) is 3.52. The van der Waals surface area contributed by atoms with E-state index >= 15 is 0 Å². The third-order valence-corrected chi connectivity index (χ3v) is 3.52. The Balaban J connectivity index is 3.08. The molecule has 1 aromatic heterocycles. The van der Waals surface area contributed by atoms with Gasteiger partial charge in [0.25, 0.3) is 0 Å². The fourth-order valence-electron chi connectivity index (χ4n) is 2.66. The molecule has 3 nitrogen and oxygen atoms in total. The molecule has 1 rings (SSSR count). The number of hydrogen-bond donors (Lipinski definition) is 1. The van der Waals surface area contributed by atoms with Crippen molar-refractivity contribution in [1.29, 1.82) is 0 Å². The van der Waals surface area contributed by atoms with Crippen LogP contribution in [0, 0.1) is 5.92 Å². The van der Waals surface area contributed by atoms with E-state index in [4.69, 9.17) is 5.10 Å². The van der Waals surface area contributed by atoms with Crippen LogP contribution in [0.15, 0.2) is 0 Å². The summed E-state index contributed by atoms with van der Waals surface area (Å²) in [5.74, 6) is 0.640. The van der Waals surface area contributed by atoms with E-state index < -0.39 is 0 Å². The Morgan fingerprint density at radius 3 is 2.26 bits per heavy atom. The molecule has 0 spiro atoms. The lowest BCUT2D eigenvalue weighted by molar-refractivity contribution is 0.465. The highest BCUT2D eigenvalue weighted by Gasteiger charge is 2.20. The van der Waals surface area contributed by atoms with Crippen LogP contribution in [0.5, 0.6) is 0 Å². The van der Waals surface area contributed by atoms with Crippen molar-refractivity contribution in [3.63, 3.8) is 0 Å². The van der Waals surface area contributed by atoms with E-state index in [0.29, 0.717) is 12.0 Å². The van der Waals surface area contributed by atoms with Gasteiger partial charge in [-0.2, -0.15) is 5.10 Å². The highest BCUT2D eigenvalue weighted by molar-refractivity contribution is 5.30. The van der Waals surface area contributed by atoms with Gasteiger partial charge in [-0.3, -0.25) is 4.68 Å². The summed E-state index contributed by atoms with van der Waals surface area (Å²) in [6.07, 6.45) is 3.26. The minimum atomic E-state index is 0.408. The van der Waals surface area contributed by atoms with Gasteiger partial charge in [0.05, 0.1) is 5.69 Å². The van der Waals surface area contributed by atoms with E-state index in [1.165, 1.54) is 23.4 Å². The molecule has 1 heterocycles. The molecule has 0 fully saturated rings. The number of hydrogen-bond acceptors (Lipinski definition) is 2. The van der Waals surface area contributed by atoms with Gasteiger partial charge in [-0.1, -0.05) is 34.6 Å². The molecule has 0 saturated carbocycles. The first-order chi connectivity index (χ1) is 9.04. The van der Waals surface area contributed by atoms with Crippen LogP contribution in [0.1, 0.15) is 71.0 Å². The predicted octanol–water partition coefficient (Wildman–Crippen LogP) is 3.72. The number of nitrogens with one attached hydrogen (secondary N) is 1. The van der Waals surface area contributed by atoms with E-state index in [1.807, 2.05) is 0 Å². The van der Waals surface area contributed by atoms with Crippen LogP contribution >= 0.6 is 0 Å². The van der Waals surface area contributed by atoms with E-state index in [-0.39, 0.29) is 0 Å². The Morgan fingerprint density at radius 1 is 1.11 bits per heavy atom. The highest BCUT2D eigenvalue weighted by Crippen LogP contribution is 2.24. The fourth-order valence-corrected chi connectivity index (χ4v) is 2.66. The van der Waals surface area contributed by atoms with E-state index in [2.05, 4.69) is 51.5 Å². The van der Waals surface area contributed by atoms with Gasteiger partial charge < -0.3 is 5.32 Å². The predicted molar refractivity (Wildman–Crippen MR) is 82.5 cm³/mol. The quantitative estimate of drug-likeness (QED) is 0.776. The average Bonchev–Trinajstić information content (AvgIpc) is 2.72. The molecule has 3 heteroatoms. The molecule has 0 saturated heterocycles. The van der Waals surface area contributed by atoms with Gasteiger partial charge in [-0.25, -0.2) is 0 Å². The van der Waals surface area contributed by atoms with E-state index in [9.17, 15) is 0 Å². The van der Waals surface area contributed by atoms with E-state index in [1.54, 1.807) is 0 Å². The molecule has 0 aliphatic carbocycles.